The number of alkyl carbamates (subject to hydrolysis) is 1. The van der Waals surface area contributed by atoms with Gasteiger partial charge in [-0.15, -0.1) is 11.3 Å². The van der Waals surface area contributed by atoms with Gasteiger partial charge in [0.2, 0.25) is 0 Å². The highest BCUT2D eigenvalue weighted by molar-refractivity contribution is 7.09. The molecular formula is C22H20N2O4S. The fourth-order valence-electron chi connectivity index (χ4n) is 3.73. The smallest absolute Gasteiger partial charge is 0.407 e. The summed E-state index contributed by atoms with van der Waals surface area (Å²) >= 11 is 1.41. The van der Waals surface area contributed by atoms with Crippen LogP contribution in [0.2, 0.25) is 0 Å². The number of thiazole rings is 1. The van der Waals surface area contributed by atoms with Gasteiger partial charge in [-0.05, 0) is 29.2 Å². The Labute approximate surface area is 172 Å². The van der Waals surface area contributed by atoms with Gasteiger partial charge in [0, 0.05) is 11.3 Å². The molecule has 148 valence electrons. The van der Waals surface area contributed by atoms with Gasteiger partial charge in [0.1, 0.15) is 6.61 Å². The number of aryl methyl sites for hydroxylation is 1. The zero-order valence-electron chi connectivity index (χ0n) is 15.8. The molecule has 1 amide bonds. The Bertz CT molecular complexity index is 1020. The highest BCUT2D eigenvalue weighted by Gasteiger charge is 2.29. The summed E-state index contributed by atoms with van der Waals surface area (Å²) in [5, 5.41) is 14.4. The maximum absolute atomic E-state index is 12.4. The molecule has 3 aromatic rings. The third-order valence-electron chi connectivity index (χ3n) is 5.01. The van der Waals surface area contributed by atoms with Crippen molar-refractivity contribution < 1.29 is 19.4 Å². The minimum atomic E-state index is -1.01. The number of fused-ring (bicyclic) bond motifs is 3. The van der Waals surface area contributed by atoms with Crippen LogP contribution in [0.3, 0.4) is 0 Å². The molecule has 0 saturated carbocycles. The SMILES string of the molecule is Cc1nc([C@@H](CC(=O)O)NC(=O)OCC2c3ccccc3-c3ccccc32)cs1. The molecule has 2 aromatic carbocycles. The molecule has 1 atom stereocenters. The molecule has 0 fully saturated rings. The maximum Gasteiger partial charge on any atom is 0.407 e. The van der Waals surface area contributed by atoms with Gasteiger partial charge in [-0.1, -0.05) is 48.5 Å². The van der Waals surface area contributed by atoms with Crippen molar-refractivity contribution >= 4 is 23.4 Å². The van der Waals surface area contributed by atoms with E-state index in [-0.39, 0.29) is 18.9 Å². The van der Waals surface area contributed by atoms with Crippen LogP contribution in [-0.2, 0) is 9.53 Å². The van der Waals surface area contributed by atoms with E-state index < -0.39 is 18.1 Å². The number of carbonyl (C=O) groups is 2. The van der Waals surface area contributed by atoms with E-state index in [0.717, 1.165) is 27.3 Å². The Morgan fingerprint density at radius 2 is 1.76 bits per heavy atom. The van der Waals surface area contributed by atoms with E-state index in [1.807, 2.05) is 43.3 Å². The van der Waals surface area contributed by atoms with Crippen LogP contribution in [0.25, 0.3) is 11.1 Å². The predicted octanol–water partition coefficient (Wildman–Crippen LogP) is 4.51. The molecule has 1 aliphatic rings. The van der Waals surface area contributed by atoms with E-state index in [4.69, 9.17) is 9.84 Å². The molecule has 2 N–H and O–H groups in total. The van der Waals surface area contributed by atoms with Crippen LogP contribution < -0.4 is 5.32 Å². The molecule has 0 aliphatic heterocycles. The van der Waals surface area contributed by atoms with Crippen LogP contribution in [0, 0.1) is 6.92 Å². The minimum absolute atomic E-state index is 0.0485. The Hall–Kier alpha value is -3.19. The second-order valence-corrected chi connectivity index (χ2v) is 7.97. The van der Waals surface area contributed by atoms with Gasteiger partial charge < -0.3 is 15.2 Å². The third kappa shape index (κ3) is 4.00. The fraction of sp³-hybridized carbons (Fsp3) is 0.227. The Kier molecular flexibility index (Phi) is 5.31. The van der Waals surface area contributed by atoms with Crippen molar-refractivity contribution in [2.45, 2.75) is 25.3 Å². The zero-order valence-corrected chi connectivity index (χ0v) is 16.6. The second-order valence-electron chi connectivity index (χ2n) is 6.91. The number of amides is 1. The Balaban J connectivity index is 1.47. The number of ether oxygens (including phenoxy) is 1. The van der Waals surface area contributed by atoms with E-state index in [2.05, 4.69) is 22.4 Å². The molecule has 1 aromatic heterocycles. The monoisotopic (exact) mass is 408 g/mol. The van der Waals surface area contributed by atoms with Gasteiger partial charge in [-0.25, -0.2) is 9.78 Å². The molecular weight excluding hydrogens is 388 g/mol. The van der Waals surface area contributed by atoms with E-state index in [0.29, 0.717) is 5.69 Å². The molecule has 4 rings (SSSR count). The van der Waals surface area contributed by atoms with E-state index in [9.17, 15) is 9.59 Å². The van der Waals surface area contributed by atoms with E-state index >= 15 is 0 Å². The van der Waals surface area contributed by atoms with Gasteiger partial charge in [0.05, 0.1) is 23.2 Å². The summed E-state index contributed by atoms with van der Waals surface area (Å²) < 4.78 is 5.51. The van der Waals surface area contributed by atoms with Crippen molar-refractivity contribution in [3.63, 3.8) is 0 Å². The van der Waals surface area contributed by atoms with Crippen LogP contribution in [0.5, 0.6) is 0 Å². The third-order valence-corrected chi connectivity index (χ3v) is 5.80. The number of benzene rings is 2. The average Bonchev–Trinajstić information content (AvgIpc) is 3.27. The molecule has 7 heteroatoms. The normalized spacial score (nSPS) is 13.4. The first-order valence-corrected chi connectivity index (χ1v) is 10.2. The zero-order chi connectivity index (χ0) is 20.4. The number of aromatic nitrogens is 1. The number of rotatable bonds is 6. The summed E-state index contributed by atoms with van der Waals surface area (Å²) in [6.07, 6.45) is -0.906. The van der Waals surface area contributed by atoms with Crippen molar-refractivity contribution in [2.24, 2.45) is 0 Å². The van der Waals surface area contributed by atoms with Crippen molar-refractivity contribution in [2.75, 3.05) is 6.61 Å². The lowest BCUT2D eigenvalue weighted by molar-refractivity contribution is -0.137. The van der Waals surface area contributed by atoms with Crippen molar-refractivity contribution in [1.29, 1.82) is 0 Å². The summed E-state index contributed by atoms with van der Waals surface area (Å²) in [5.74, 6) is -1.06. The van der Waals surface area contributed by atoms with Gasteiger partial charge in [0.15, 0.2) is 0 Å². The summed E-state index contributed by atoms with van der Waals surface area (Å²) in [5.41, 5.74) is 5.08. The fourth-order valence-corrected chi connectivity index (χ4v) is 4.39. The summed E-state index contributed by atoms with van der Waals surface area (Å²) in [7, 11) is 0. The number of nitrogens with zero attached hydrogens (tertiary/aromatic N) is 1. The largest absolute Gasteiger partial charge is 0.481 e. The topological polar surface area (TPSA) is 88.5 Å². The van der Waals surface area contributed by atoms with Crippen LogP contribution in [-0.4, -0.2) is 28.8 Å². The number of nitrogens with one attached hydrogen (secondary N) is 1. The highest BCUT2D eigenvalue weighted by Crippen LogP contribution is 2.44. The highest BCUT2D eigenvalue weighted by atomic mass is 32.1. The molecule has 29 heavy (non-hydrogen) atoms. The number of carboxylic acid groups (broad SMARTS) is 1. The first-order chi connectivity index (χ1) is 14.0. The van der Waals surface area contributed by atoms with Gasteiger partial charge in [0.25, 0.3) is 0 Å². The van der Waals surface area contributed by atoms with Crippen LogP contribution in [0.15, 0.2) is 53.9 Å². The minimum Gasteiger partial charge on any atom is -0.481 e. The Morgan fingerprint density at radius 3 is 2.31 bits per heavy atom. The van der Waals surface area contributed by atoms with Crippen molar-refractivity contribution in [1.82, 2.24) is 10.3 Å². The predicted molar refractivity (Wildman–Crippen MR) is 110 cm³/mol. The van der Waals surface area contributed by atoms with Gasteiger partial charge in [-0.3, -0.25) is 4.79 Å². The lowest BCUT2D eigenvalue weighted by atomic mass is 9.98. The van der Waals surface area contributed by atoms with E-state index in [1.54, 1.807) is 5.38 Å². The van der Waals surface area contributed by atoms with Crippen LogP contribution in [0.1, 0.15) is 40.2 Å². The molecule has 1 heterocycles. The van der Waals surface area contributed by atoms with Crippen molar-refractivity contribution in [3.05, 3.63) is 75.7 Å². The molecule has 1 aliphatic carbocycles. The lowest BCUT2D eigenvalue weighted by Gasteiger charge is -2.18. The summed E-state index contributed by atoms with van der Waals surface area (Å²) in [6, 6.07) is 15.5. The molecule has 0 bridgehead atoms. The molecule has 0 saturated heterocycles. The standard InChI is InChI=1S/C22H20N2O4S/c1-13-23-20(12-29-13)19(10-21(25)26)24-22(27)28-11-18-16-8-4-2-6-14(16)15-7-3-5-9-17(15)18/h2-9,12,18-19H,10-11H2,1H3,(H,24,27)(H,25,26)/t19-/m1/s1. The van der Waals surface area contributed by atoms with Gasteiger partial charge in [-0.2, -0.15) is 0 Å². The maximum atomic E-state index is 12.4. The number of hydrogen-bond acceptors (Lipinski definition) is 5. The van der Waals surface area contributed by atoms with Gasteiger partial charge >= 0.3 is 12.1 Å². The first-order valence-electron chi connectivity index (χ1n) is 9.28. The van der Waals surface area contributed by atoms with Crippen LogP contribution in [0.4, 0.5) is 4.79 Å². The molecule has 6 nitrogen and oxygen atoms in total. The van der Waals surface area contributed by atoms with E-state index in [1.165, 1.54) is 11.3 Å². The molecule has 0 spiro atoms. The molecule has 0 unspecified atom stereocenters. The number of carboxylic acids is 1. The Morgan fingerprint density at radius 1 is 1.14 bits per heavy atom. The van der Waals surface area contributed by atoms with Crippen molar-refractivity contribution in [3.8, 4) is 11.1 Å². The first kappa shape index (κ1) is 19.1. The summed E-state index contributed by atoms with van der Waals surface area (Å²) in [6.45, 7) is 2.01. The molecule has 0 radical (unpaired) electrons. The number of aliphatic carboxylic acids is 1. The van der Waals surface area contributed by atoms with Crippen LogP contribution >= 0.6 is 11.3 Å². The lowest BCUT2D eigenvalue weighted by Crippen LogP contribution is -2.32. The quantitative estimate of drug-likeness (QED) is 0.627. The summed E-state index contributed by atoms with van der Waals surface area (Å²) in [4.78, 5) is 27.9. The second kappa shape index (κ2) is 8.05. The number of hydrogen-bond donors (Lipinski definition) is 2. The average molecular weight is 408 g/mol. The number of carbonyl (C=O) groups excluding carboxylic acids is 1.